The van der Waals surface area contributed by atoms with Crippen LogP contribution in [0.1, 0.15) is 108 Å². The molecule has 0 heterocycles. The van der Waals surface area contributed by atoms with Gasteiger partial charge in [-0.3, -0.25) is 0 Å². The number of rotatable bonds is 5. The van der Waals surface area contributed by atoms with Gasteiger partial charge in [-0.1, -0.05) is 146 Å². The molecule has 1 aliphatic rings. The molecule has 0 saturated heterocycles. The number of aryl methyl sites for hydroxylation is 1. The monoisotopic (exact) mass is 822 g/mol. The third kappa shape index (κ3) is 11.4. The number of hydrogen-bond donors (Lipinski definition) is 0. The zero-order chi connectivity index (χ0) is 37.8. The number of hydrogen-bond acceptors (Lipinski definition) is 0. The minimum atomic E-state index is -0.826. The van der Waals surface area contributed by atoms with Crippen molar-refractivity contribution < 1.29 is 20.8 Å². The SMILES string of the molecule is CC1CCC(c2cc3c(-c4ccc(C(C)(C)C)cc4)cccc3[cH-]2)CC1.CCc1cc2c(-c3ccc(C(C)C)cc3)cccc2[cH-]1.C[Si]C.[Cl][Zr+2][Cl]. The van der Waals surface area contributed by atoms with Crippen LogP contribution in [0.3, 0.4) is 0 Å². The Morgan fingerprint density at radius 1 is 0.731 bits per heavy atom. The molecule has 1 fully saturated rings. The molecule has 6 aromatic rings. The predicted octanol–water partition coefficient (Wildman–Crippen LogP) is 15.9. The van der Waals surface area contributed by atoms with Crippen molar-refractivity contribution in [3.8, 4) is 22.3 Å². The van der Waals surface area contributed by atoms with E-state index in [1.165, 1.54) is 86.2 Å². The van der Waals surface area contributed by atoms with Crippen LogP contribution in [0.5, 0.6) is 0 Å². The summed E-state index contributed by atoms with van der Waals surface area (Å²) < 4.78 is 0. The zero-order valence-corrected chi connectivity index (χ0v) is 37.9. The standard InChI is InChI=1S/C26H31.C20H21.C2H6Si.2ClH.Zr/c1-18-8-10-19(11-9-18)22-16-21-6-5-7-24(25(21)17-22)20-12-14-23(15-13-20)26(2,3)4;1-4-15-12-18-6-5-7-19(20(18)13-15)17-10-8-16(9-11-17)14(2)3;1-3-2;;;/h5-7,12-19H,8-11H2,1-4H3;5-14H,4H2,1-3H3;1-2H3;2*1H;/q2*-1;;;;+4/p-2. The van der Waals surface area contributed by atoms with Gasteiger partial charge in [-0.15, -0.1) is 69.1 Å². The molecule has 0 atom stereocenters. The van der Waals surface area contributed by atoms with E-state index in [0.29, 0.717) is 5.92 Å². The van der Waals surface area contributed by atoms with Gasteiger partial charge in [0.1, 0.15) is 0 Å². The molecule has 0 unspecified atom stereocenters. The van der Waals surface area contributed by atoms with Crippen LogP contribution in [0.2, 0.25) is 13.1 Å². The molecule has 1 aliphatic carbocycles. The van der Waals surface area contributed by atoms with Crippen molar-refractivity contribution in [1.82, 2.24) is 0 Å². The summed E-state index contributed by atoms with van der Waals surface area (Å²) in [6, 6.07) is 41.1. The topological polar surface area (TPSA) is 0 Å². The van der Waals surface area contributed by atoms with Crippen LogP contribution in [0, 0.1) is 5.92 Å². The van der Waals surface area contributed by atoms with Crippen LogP contribution >= 0.6 is 17.0 Å². The fourth-order valence-corrected chi connectivity index (χ4v) is 7.29. The molecular formula is C48H58Cl2SiZr. The van der Waals surface area contributed by atoms with Crippen LogP contribution < -0.4 is 0 Å². The summed E-state index contributed by atoms with van der Waals surface area (Å²) in [5, 5.41) is 5.55. The van der Waals surface area contributed by atoms with Gasteiger partial charge in [-0.2, -0.15) is 12.1 Å². The van der Waals surface area contributed by atoms with Gasteiger partial charge < -0.3 is 0 Å². The van der Waals surface area contributed by atoms with Crippen molar-refractivity contribution in [2.24, 2.45) is 5.92 Å². The summed E-state index contributed by atoms with van der Waals surface area (Å²) >= 11 is -0.826. The van der Waals surface area contributed by atoms with Gasteiger partial charge in [-0.05, 0) is 64.7 Å². The summed E-state index contributed by atoms with van der Waals surface area (Å²) in [7, 11) is 11.0. The van der Waals surface area contributed by atoms with Crippen LogP contribution in [0.4, 0.5) is 0 Å². The van der Waals surface area contributed by atoms with Gasteiger partial charge in [0.15, 0.2) is 0 Å². The Labute approximate surface area is 337 Å². The second-order valence-electron chi connectivity index (χ2n) is 15.8. The third-order valence-electron chi connectivity index (χ3n) is 10.4. The molecule has 0 spiro atoms. The van der Waals surface area contributed by atoms with E-state index in [9.17, 15) is 0 Å². The Morgan fingerprint density at radius 2 is 1.21 bits per heavy atom. The molecule has 0 N–H and O–H groups in total. The average Bonchev–Trinajstić information content (AvgIpc) is 3.77. The van der Waals surface area contributed by atoms with Crippen molar-refractivity contribution >= 4 is 48.1 Å². The van der Waals surface area contributed by atoms with E-state index in [1.807, 2.05) is 0 Å². The van der Waals surface area contributed by atoms with Gasteiger partial charge >= 0.3 is 37.9 Å². The first-order valence-corrected chi connectivity index (χ1v) is 27.4. The van der Waals surface area contributed by atoms with E-state index in [1.54, 1.807) is 5.56 Å². The molecular weight excluding hydrogens is 767 g/mol. The maximum absolute atomic E-state index is 4.93. The number of fused-ring (bicyclic) bond motifs is 2. The minimum absolute atomic E-state index is 0.204. The van der Waals surface area contributed by atoms with Gasteiger partial charge in [0.2, 0.25) is 0 Å². The molecule has 0 aliphatic heterocycles. The van der Waals surface area contributed by atoms with E-state index < -0.39 is 20.8 Å². The van der Waals surface area contributed by atoms with E-state index >= 15 is 0 Å². The van der Waals surface area contributed by atoms with Gasteiger partial charge in [-0.25, -0.2) is 0 Å². The number of benzene rings is 4. The zero-order valence-electron chi connectivity index (χ0n) is 32.9. The van der Waals surface area contributed by atoms with E-state index in [2.05, 4.69) is 171 Å². The normalized spacial score (nSPS) is 15.5. The Balaban J connectivity index is 0.000000207. The summed E-state index contributed by atoms with van der Waals surface area (Å²) in [5.74, 6) is 2.26. The second-order valence-corrected chi connectivity index (χ2v) is 20.5. The fourth-order valence-electron chi connectivity index (χ4n) is 7.29. The first kappa shape index (κ1) is 42.5. The molecule has 52 heavy (non-hydrogen) atoms. The Bertz CT molecular complexity index is 1930. The molecule has 2 radical (unpaired) electrons. The quantitative estimate of drug-likeness (QED) is 0.120. The van der Waals surface area contributed by atoms with Crippen LogP contribution in [-0.4, -0.2) is 9.52 Å². The molecule has 6 aromatic carbocycles. The van der Waals surface area contributed by atoms with E-state index in [4.69, 9.17) is 17.0 Å². The molecule has 272 valence electrons. The summed E-state index contributed by atoms with van der Waals surface area (Å²) in [6.45, 7) is 20.2. The third-order valence-corrected chi connectivity index (χ3v) is 10.4. The average molecular weight is 825 g/mol. The van der Waals surface area contributed by atoms with Gasteiger partial charge in [0.05, 0.1) is 0 Å². The fraction of sp³-hybridized carbons (Fsp3) is 0.375. The van der Waals surface area contributed by atoms with Crippen molar-refractivity contribution in [2.45, 2.75) is 111 Å². The molecule has 0 aromatic heterocycles. The molecule has 7 rings (SSSR count). The van der Waals surface area contributed by atoms with Crippen molar-refractivity contribution in [2.75, 3.05) is 0 Å². The first-order valence-electron chi connectivity index (χ1n) is 19.1. The predicted molar refractivity (Wildman–Crippen MR) is 232 cm³/mol. The molecule has 0 amide bonds. The number of halogens is 2. The van der Waals surface area contributed by atoms with Gasteiger partial charge in [0, 0.05) is 9.52 Å². The van der Waals surface area contributed by atoms with E-state index in [-0.39, 0.29) is 5.41 Å². The first-order chi connectivity index (χ1) is 24.9. The molecule has 0 bridgehead atoms. The van der Waals surface area contributed by atoms with Gasteiger partial charge in [0.25, 0.3) is 0 Å². The van der Waals surface area contributed by atoms with Crippen LogP contribution in [0.15, 0.2) is 109 Å². The molecule has 4 heteroatoms. The van der Waals surface area contributed by atoms with Crippen molar-refractivity contribution in [3.63, 3.8) is 0 Å². The van der Waals surface area contributed by atoms with E-state index in [0.717, 1.165) is 27.8 Å². The Hall–Kier alpha value is -2.22. The summed E-state index contributed by atoms with van der Waals surface area (Å²) in [5.41, 5.74) is 11.3. The summed E-state index contributed by atoms with van der Waals surface area (Å²) in [4.78, 5) is 0. The van der Waals surface area contributed by atoms with Crippen LogP contribution in [-0.2, 0) is 32.7 Å². The van der Waals surface area contributed by atoms with Crippen LogP contribution in [0.25, 0.3) is 43.8 Å². The molecule has 0 nitrogen and oxygen atoms in total. The second kappa shape index (κ2) is 20.5. The Morgan fingerprint density at radius 3 is 1.69 bits per heavy atom. The maximum atomic E-state index is 4.93. The molecule has 1 saturated carbocycles. The van der Waals surface area contributed by atoms with Crippen molar-refractivity contribution in [3.05, 3.63) is 131 Å². The Kier molecular flexibility index (Phi) is 16.7. The summed E-state index contributed by atoms with van der Waals surface area (Å²) in [6.07, 6.45) is 6.57. The van der Waals surface area contributed by atoms with Crippen molar-refractivity contribution in [1.29, 1.82) is 0 Å².